The fourth-order valence-electron chi connectivity index (χ4n) is 2.74. The molecule has 116 valence electrons. The molecule has 2 aromatic rings. The zero-order chi connectivity index (χ0) is 15.7. The summed E-state index contributed by atoms with van der Waals surface area (Å²) in [7, 11) is 0. The lowest BCUT2D eigenvalue weighted by Crippen LogP contribution is -2.37. The lowest BCUT2D eigenvalue weighted by Gasteiger charge is -2.31. The molecule has 2 heterocycles. The molecule has 1 aromatic heterocycles. The first-order valence-electron chi connectivity index (χ1n) is 7.24. The summed E-state index contributed by atoms with van der Waals surface area (Å²) in [5.74, 6) is 0.247. The summed E-state index contributed by atoms with van der Waals surface area (Å²) in [6.07, 6.45) is 1.81. The van der Waals surface area contributed by atoms with Gasteiger partial charge in [0.25, 0.3) is 5.91 Å². The average molecular weight is 337 g/mol. The molecule has 0 bridgehead atoms. The van der Waals surface area contributed by atoms with Crippen molar-refractivity contribution in [3.8, 4) is 5.75 Å². The highest BCUT2D eigenvalue weighted by atomic mass is 35.5. The number of rotatable bonds is 2. The van der Waals surface area contributed by atoms with Crippen molar-refractivity contribution in [3.05, 3.63) is 44.9 Å². The summed E-state index contributed by atoms with van der Waals surface area (Å²) >= 11 is 7.61. The molecular weight excluding hydrogens is 320 g/mol. The zero-order valence-electron chi connectivity index (χ0n) is 12.3. The van der Waals surface area contributed by atoms with Crippen LogP contribution in [0, 0.1) is 6.92 Å². The molecule has 1 fully saturated rings. The first kappa shape index (κ1) is 15.3. The second kappa shape index (κ2) is 6.26. The third kappa shape index (κ3) is 3.10. The molecule has 4 nitrogen and oxygen atoms in total. The Kier molecular flexibility index (Phi) is 4.36. The summed E-state index contributed by atoms with van der Waals surface area (Å²) < 4.78 is 0. The maximum atomic E-state index is 12.5. The van der Waals surface area contributed by atoms with Crippen LogP contribution in [0.1, 0.15) is 39.8 Å². The number of thiazole rings is 1. The molecule has 1 aromatic carbocycles. The maximum absolute atomic E-state index is 12.5. The number of hydrogen-bond acceptors (Lipinski definition) is 4. The molecule has 1 aliphatic rings. The predicted octanol–water partition coefficient (Wildman–Crippen LogP) is 3.83. The van der Waals surface area contributed by atoms with Gasteiger partial charge in [0.15, 0.2) is 0 Å². The number of likely N-dealkylation sites (tertiary alicyclic amines) is 1. The Labute approximate surface area is 138 Å². The van der Waals surface area contributed by atoms with Gasteiger partial charge in [-0.3, -0.25) is 4.79 Å². The van der Waals surface area contributed by atoms with Crippen molar-refractivity contribution in [1.29, 1.82) is 0 Å². The van der Waals surface area contributed by atoms with E-state index in [0.717, 1.165) is 23.5 Å². The van der Waals surface area contributed by atoms with Crippen molar-refractivity contribution < 1.29 is 9.90 Å². The van der Waals surface area contributed by atoms with E-state index in [4.69, 9.17) is 11.6 Å². The quantitative estimate of drug-likeness (QED) is 0.906. The van der Waals surface area contributed by atoms with E-state index in [1.54, 1.807) is 22.3 Å². The minimum Gasteiger partial charge on any atom is -0.507 e. The molecule has 6 heteroatoms. The number of benzene rings is 1. The van der Waals surface area contributed by atoms with Crippen LogP contribution in [-0.2, 0) is 0 Å². The molecule has 0 spiro atoms. The van der Waals surface area contributed by atoms with Crippen molar-refractivity contribution in [2.75, 3.05) is 13.1 Å². The molecule has 22 heavy (non-hydrogen) atoms. The summed E-state index contributed by atoms with van der Waals surface area (Å²) in [5.41, 5.74) is 1.33. The second-order valence-electron chi connectivity index (χ2n) is 5.56. The standard InChI is InChI=1S/C16H17ClN2O2S/c1-10-9-22-15(18-10)11-4-6-19(7-5-11)16(21)13-8-12(17)2-3-14(13)20/h2-3,8-9,11,20H,4-7H2,1H3. The Balaban J connectivity index is 1.68. The van der Waals surface area contributed by atoms with Gasteiger partial charge in [0.1, 0.15) is 5.75 Å². The Morgan fingerprint density at radius 2 is 2.14 bits per heavy atom. The number of carbonyl (C=O) groups is 1. The van der Waals surface area contributed by atoms with Crippen LogP contribution in [0.5, 0.6) is 5.75 Å². The van der Waals surface area contributed by atoms with Gasteiger partial charge in [-0.25, -0.2) is 4.98 Å². The number of phenolic OH excluding ortho intramolecular Hbond substituents is 1. The smallest absolute Gasteiger partial charge is 0.257 e. The lowest BCUT2D eigenvalue weighted by atomic mass is 9.97. The van der Waals surface area contributed by atoms with Gasteiger partial charge in [-0.1, -0.05) is 11.6 Å². The van der Waals surface area contributed by atoms with Gasteiger partial charge < -0.3 is 10.0 Å². The molecule has 1 saturated heterocycles. The number of phenols is 1. The fraction of sp³-hybridized carbons (Fsp3) is 0.375. The molecule has 1 aliphatic heterocycles. The van der Waals surface area contributed by atoms with Gasteiger partial charge in [-0.05, 0) is 38.0 Å². The highest BCUT2D eigenvalue weighted by Crippen LogP contribution is 2.31. The first-order chi connectivity index (χ1) is 10.5. The van der Waals surface area contributed by atoms with E-state index in [9.17, 15) is 9.90 Å². The van der Waals surface area contributed by atoms with Crippen LogP contribution in [0.15, 0.2) is 23.6 Å². The van der Waals surface area contributed by atoms with Crippen LogP contribution in [0.4, 0.5) is 0 Å². The van der Waals surface area contributed by atoms with Gasteiger partial charge in [0, 0.05) is 35.1 Å². The minimum absolute atomic E-state index is 0.0212. The maximum Gasteiger partial charge on any atom is 0.257 e. The van der Waals surface area contributed by atoms with Crippen LogP contribution < -0.4 is 0 Å². The Bertz CT molecular complexity index is 693. The molecule has 0 aliphatic carbocycles. The zero-order valence-corrected chi connectivity index (χ0v) is 13.8. The number of aromatic hydroxyl groups is 1. The Morgan fingerprint density at radius 3 is 2.77 bits per heavy atom. The number of aryl methyl sites for hydroxylation is 1. The summed E-state index contributed by atoms with van der Waals surface area (Å²) in [4.78, 5) is 18.8. The number of carbonyl (C=O) groups excluding carboxylic acids is 1. The van der Waals surface area contributed by atoms with Crippen molar-refractivity contribution in [3.63, 3.8) is 0 Å². The van der Waals surface area contributed by atoms with Crippen LogP contribution >= 0.6 is 22.9 Å². The molecule has 0 saturated carbocycles. The molecule has 0 atom stereocenters. The number of hydrogen-bond donors (Lipinski definition) is 1. The van der Waals surface area contributed by atoms with Crippen LogP contribution in [-0.4, -0.2) is 34.0 Å². The van der Waals surface area contributed by atoms with E-state index in [2.05, 4.69) is 10.4 Å². The summed E-state index contributed by atoms with van der Waals surface area (Å²) in [6.45, 7) is 3.35. The molecule has 1 N–H and O–H groups in total. The van der Waals surface area contributed by atoms with Crippen LogP contribution in [0.2, 0.25) is 5.02 Å². The highest BCUT2D eigenvalue weighted by molar-refractivity contribution is 7.09. The van der Waals surface area contributed by atoms with E-state index < -0.39 is 0 Å². The van der Waals surface area contributed by atoms with E-state index in [0.29, 0.717) is 24.0 Å². The van der Waals surface area contributed by atoms with Gasteiger partial charge in [-0.2, -0.15) is 0 Å². The fourth-order valence-corrected chi connectivity index (χ4v) is 3.88. The second-order valence-corrected chi connectivity index (χ2v) is 6.88. The first-order valence-corrected chi connectivity index (χ1v) is 8.50. The monoisotopic (exact) mass is 336 g/mol. The number of aromatic nitrogens is 1. The normalized spacial score (nSPS) is 16.0. The third-order valence-electron chi connectivity index (χ3n) is 3.96. The minimum atomic E-state index is -0.159. The summed E-state index contributed by atoms with van der Waals surface area (Å²) in [5, 5.41) is 13.5. The largest absolute Gasteiger partial charge is 0.507 e. The van der Waals surface area contributed by atoms with Crippen LogP contribution in [0.25, 0.3) is 0 Å². The van der Waals surface area contributed by atoms with Crippen molar-refractivity contribution in [2.24, 2.45) is 0 Å². The van der Waals surface area contributed by atoms with Gasteiger partial charge in [0.05, 0.1) is 10.6 Å². The van der Waals surface area contributed by atoms with Crippen molar-refractivity contribution >= 4 is 28.8 Å². The number of nitrogens with zero attached hydrogens (tertiary/aromatic N) is 2. The average Bonchev–Trinajstić information content (AvgIpc) is 2.96. The molecule has 0 unspecified atom stereocenters. The molecular formula is C16H17ClN2O2S. The van der Waals surface area contributed by atoms with E-state index in [1.165, 1.54) is 12.1 Å². The van der Waals surface area contributed by atoms with E-state index >= 15 is 0 Å². The number of halogens is 1. The molecule has 0 radical (unpaired) electrons. The van der Waals surface area contributed by atoms with E-state index in [-0.39, 0.29) is 17.2 Å². The Hall–Kier alpha value is -1.59. The number of amides is 1. The van der Waals surface area contributed by atoms with Crippen molar-refractivity contribution in [1.82, 2.24) is 9.88 Å². The summed E-state index contributed by atoms with van der Waals surface area (Å²) in [6, 6.07) is 4.56. The molecule has 1 amide bonds. The third-order valence-corrected chi connectivity index (χ3v) is 5.32. The number of piperidine rings is 1. The van der Waals surface area contributed by atoms with Crippen LogP contribution in [0.3, 0.4) is 0 Å². The molecule has 3 rings (SSSR count). The van der Waals surface area contributed by atoms with Gasteiger partial charge in [-0.15, -0.1) is 11.3 Å². The lowest BCUT2D eigenvalue weighted by molar-refractivity contribution is 0.0710. The van der Waals surface area contributed by atoms with Gasteiger partial charge >= 0.3 is 0 Å². The van der Waals surface area contributed by atoms with E-state index in [1.807, 2.05) is 6.92 Å². The SMILES string of the molecule is Cc1csc(C2CCN(C(=O)c3cc(Cl)ccc3O)CC2)n1. The topological polar surface area (TPSA) is 53.4 Å². The highest BCUT2D eigenvalue weighted by Gasteiger charge is 2.27. The van der Waals surface area contributed by atoms with Crippen molar-refractivity contribution in [2.45, 2.75) is 25.7 Å². The predicted molar refractivity (Wildman–Crippen MR) is 87.8 cm³/mol. The Morgan fingerprint density at radius 1 is 1.41 bits per heavy atom. The van der Waals surface area contributed by atoms with Gasteiger partial charge in [0.2, 0.25) is 0 Å².